The Labute approximate surface area is 144 Å². The first-order valence-electron chi connectivity index (χ1n) is 7.88. The van der Waals surface area contributed by atoms with Gasteiger partial charge in [0.25, 0.3) is 0 Å². The predicted molar refractivity (Wildman–Crippen MR) is 94.9 cm³/mol. The largest absolute Gasteiger partial charge is 0.371 e. The molecule has 3 heterocycles. The van der Waals surface area contributed by atoms with Gasteiger partial charge in [0.05, 0.1) is 5.41 Å². The zero-order chi connectivity index (χ0) is 16.0. The molecule has 0 aliphatic carbocycles. The number of carbonyl (C=O) groups excluding carboxylic acids is 1. The highest BCUT2D eigenvalue weighted by Gasteiger charge is 2.49. The molecule has 0 bridgehead atoms. The van der Waals surface area contributed by atoms with Gasteiger partial charge < -0.3 is 10.2 Å². The van der Waals surface area contributed by atoms with Gasteiger partial charge in [-0.05, 0) is 53.9 Å². The first-order valence-corrected chi connectivity index (χ1v) is 8.67. The van der Waals surface area contributed by atoms with E-state index < -0.39 is 5.41 Å². The van der Waals surface area contributed by atoms with Crippen LogP contribution in [-0.2, 0) is 10.2 Å². The lowest BCUT2D eigenvalue weighted by Crippen LogP contribution is -2.46. The Balaban J connectivity index is 1.61. The summed E-state index contributed by atoms with van der Waals surface area (Å²) in [7, 11) is 0. The number of nitrogens with one attached hydrogen (secondary N) is 1. The molecule has 4 rings (SSSR count). The molecule has 1 N–H and O–H groups in total. The van der Waals surface area contributed by atoms with Gasteiger partial charge in [-0.15, -0.1) is 0 Å². The van der Waals surface area contributed by atoms with E-state index in [2.05, 4.69) is 62.3 Å². The first kappa shape index (κ1) is 14.7. The first-order chi connectivity index (χ1) is 11.1. The standard InChI is InChI=1S/C18H18BrN3O/c1-12-2-4-14(5-3-12)22-8-6-18(7-9-22)15-10-13(19)11-20-16(15)21-17(18)23/h2-5,10-11H,6-9H2,1H3,(H,20,21,23). The molecule has 4 nitrogen and oxygen atoms in total. The molecule has 2 aliphatic heterocycles. The monoisotopic (exact) mass is 371 g/mol. The van der Waals surface area contributed by atoms with Crippen molar-refractivity contribution in [3.8, 4) is 0 Å². The zero-order valence-corrected chi connectivity index (χ0v) is 14.6. The van der Waals surface area contributed by atoms with Crippen LogP contribution in [0.1, 0.15) is 24.0 Å². The van der Waals surface area contributed by atoms with Crippen LogP contribution in [0.4, 0.5) is 11.5 Å². The summed E-state index contributed by atoms with van der Waals surface area (Å²) in [6.45, 7) is 3.85. The Morgan fingerprint density at radius 1 is 1.22 bits per heavy atom. The van der Waals surface area contributed by atoms with Crippen molar-refractivity contribution in [1.82, 2.24) is 4.98 Å². The number of amides is 1. The Bertz CT molecular complexity index is 764. The third kappa shape index (κ3) is 2.34. The van der Waals surface area contributed by atoms with E-state index in [1.54, 1.807) is 6.20 Å². The molecule has 118 valence electrons. The quantitative estimate of drug-likeness (QED) is 0.831. The summed E-state index contributed by atoms with van der Waals surface area (Å²) in [5, 5.41) is 2.96. The summed E-state index contributed by atoms with van der Waals surface area (Å²) in [6.07, 6.45) is 3.37. The summed E-state index contributed by atoms with van der Waals surface area (Å²) in [5.41, 5.74) is 3.12. The van der Waals surface area contributed by atoms with Crippen LogP contribution < -0.4 is 10.2 Å². The van der Waals surface area contributed by atoms with E-state index in [1.807, 2.05) is 6.07 Å². The third-order valence-corrected chi connectivity index (χ3v) is 5.49. The Kier molecular flexibility index (Phi) is 3.41. The number of aromatic nitrogens is 1. The molecular formula is C18H18BrN3O. The SMILES string of the molecule is Cc1ccc(N2CCC3(CC2)C(=O)Nc2ncc(Br)cc23)cc1. The Hall–Kier alpha value is -1.88. The van der Waals surface area contributed by atoms with Crippen LogP contribution in [0.25, 0.3) is 0 Å². The van der Waals surface area contributed by atoms with Crippen LogP contribution >= 0.6 is 15.9 Å². The molecule has 1 aromatic heterocycles. The number of carbonyl (C=O) groups is 1. The van der Waals surface area contributed by atoms with E-state index in [4.69, 9.17) is 0 Å². The van der Waals surface area contributed by atoms with Gasteiger partial charge in [0.2, 0.25) is 5.91 Å². The number of benzene rings is 1. The fourth-order valence-corrected chi connectivity index (χ4v) is 3.98. The summed E-state index contributed by atoms with van der Waals surface area (Å²) >= 11 is 3.48. The molecule has 0 radical (unpaired) electrons. The van der Waals surface area contributed by atoms with Crippen LogP contribution in [0.5, 0.6) is 0 Å². The maximum absolute atomic E-state index is 12.6. The average Bonchev–Trinajstić information content (AvgIpc) is 2.81. The van der Waals surface area contributed by atoms with Gasteiger partial charge in [0, 0.05) is 35.0 Å². The molecule has 1 aromatic carbocycles. The molecule has 2 aliphatic rings. The van der Waals surface area contributed by atoms with Gasteiger partial charge >= 0.3 is 0 Å². The number of aryl methyl sites for hydroxylation is 1. The van der Waals surface area contributed by atoms with Crippen molar-refractivity contribution in [2.24, 2.45) is 0 Å². The molecule has 1 amide bonds. The molecule has 5 heteroatoms. The normalized spacial score (nSPS) is 18.9. The molecular weight excluding hydrogens is 354 g/mol. The number of rotatable bonds is 1. The van der Waals surface area contributed by atoms with E-state index >= 15 is 0 Å². The number of fused-ring (bicyclic) bond motifs is 2. The minimum Gasteiger partial charge on any atom is -0.371 e. The Morgan fingerprint density at radius 3 is 2.61 bits per heavy atom. The number of hydrogen-bond acceptors (Lipinski definition) is 3. The maximum Gasteiger partial charge on any atom is 0.236 e. The minimum atomic E-state index is -0.423. The lowest BCUT2D eigenvalue weighted by Gasteiger charge is -2.39. The molecule has 1 saturated heterocycles. The molecule has 23 heavy (non-hydrogen) atoms. The van der Waals surface area contributed by atoms with Crippen LogP contribution in [-0.4, -0.2) is 24.0 Å². The molecule has 2 aromatic rings. The van der Waals surface area contributed by atoms with Crippen molar-refractivity contribution >= 4 is 33.3 Å². The van der Waals surface area contributed by atoms with Gasteiger partial charge in [-0.25, -0.2) is 4.98 Å². The average molecular weight is 372 g/mol. The highest BCUT2D eigenvalue weighted by atomic mass is 79.9. The smallest absolute Gasteiger partial charge is 0.236 e. The molecule has 0 atom stereocenters. The van der Waals surface area contributed by atoms with E-state index in [9.17, 15) is 4.79 Å². The van der Waals surface area contributed by atoms with Crippen LogP contribution in [0.2, 0.25) is 0 Å². The van der Waals surface area contributed by atoms with Crippen LogP contribution in [0.15, 0.2) is 41.0 Å². The minimum absolute atomic E-state index is 0.0988. The van der Waals surface area contributed by atoms with Crippen LogP contribution in [0, 0.1) is 6.92 Å². The van der Waals surface area contributed by atoms with Crippen LogP contribution in [0.3, 0.4) is 0 Å². The fourth-order valence-electron chi connectivity index (χ4n) is 3.65. The van der Waals surface area contributed by atoms with Crippen molar-refractivity contribution in [3.63, 3.8) is 0 Å². The second-order valence-corrected chi connectivity index (χ2v) is 7.32. The number of pyridine rings is 1. The molecule has 1 spiro atoms. The molecule has 0 saturated carbocycles. The topological polar surface area (TPSA) is 45.2 Å². The molecule has 0 unspecified atom stereocenters. The van der Waals surface area contributed by atoms with E-state index in [1.165, 1.54) is 11.3 Å². The van der Waals surface area contributed by atoms with E-state index in [0.717, 1.165) is 41.8 Å². The second-order valence-electron chi connectivity index (χ2n) is 6.41. The van der Waals surface area contributed by atoms with Gasteiger partial charge in [0.15, 0.2) is 0 Å². The maximum atomic E-state index is 12.6. The summed E-state index contributed by atoms with van der Waals surface area (Å²) in [6, 6.07) is 10.6. The zero-order valence-electron chi connectivity index (χ0n) is 13.0. The number of piperidine rings is 1. The second kappa shape index (κ2) is 5.34. The number of hydrogen-bond donors (Lipinski definition) is 1. The van der Waals surface area contributed by atoms with Crippen molar-refractivity contribution in [1.29, 1.82) is 0 Å². The van der Waals surface area contributed by atoms with Gasteiger partial charge in [0.1, 0.15) is 5.82 Å². The summed E-state index contributed by atoms with van der Waals surface area (Å²) < 4.78 is 0.924. The van der Waals surface area contributed by atoms with E-state index in [-0.39, 0.29) is 5.91 Å². The number of anilines is 2. The van der Waals surface area contributed by atoms with Crippen molar-refractivity contribution in [2.45, 2.75) is 25.2 Å². The highest BCUT2D eigenvalue weighted by molar-refractivity contribution is 9.10. The third-order valence-electron chi connectivity index (χ3n) is 5.05. The predicted octanol–water partition coefficient (Wildman–Crippen LogP) is 3.64. The fraction of sp³-hybridized carbons (Fsp3) is 0.333. The van der Waals surface area contributed by atoms with Gasteiger partial charge in [-0.1, -0.05) is 17.7 Å². The van der Waals surface area contributed by atoms with Crippen molar-refractivity contribution in [2.75, 3.05) is 23.3 Å². The lowest BCUT2D eigenvalue weighted by molar-refractivity contribution is -0.121. The highest BCUT2D eigenvalue weighted by Crippen LogP contribution is 2.45. The van der Waals surface area contributed by atoms with E-state index in [0.29, 0.717) is 0 Å². The van der Waals surface area contributed by atoms with Gasteiger partial charge in [-0.3, -0.25) is 4.79 Å². The summed E-state index contributed by atoms with van der Waals surface area (Å²) in [5.74, 6) is 0.823. The number of halogens is 1. The van der Waals surface area contributed by atoms with Crippen molar-refractivity contribution in [3.05, 3.63) is 52.1 Å². The molecule has 1 fully saturated rings. The Morgan fingerprint density at radius 2 is 1.91 bits per heavy atom. The lowest BCUT2D eigenvalue weighted by atomic mass is 9.74. The van der Waals surface area contributed by atoms with Crippen molar-refractivity contribution < 1.29 is 4.79 Å². The number of nitrogens with zero attached hydrogens (tertiary/aromatic N) is 2. The summed E-state index contributed by atoms with van der Waals surface area (Å²) in [4.78, 5) is 19.3. The van der Waals surface area contributed by atoms with Gasteiger partial charge in [-0.2, -0.15) is 0 Å².